The van der Waals surface area contributed by atoms with Gasteiger partial charge in [-0.2, -0.15) is 0 Å². The predicted molar refractivity (Wildman–Crippen MR) is 128 cm³/mol. The fourth-order valence-electron chi connectivity index (χ4n) is 4.06. The molecule has 5 rings (SSSR count). The minimum atomic E-state index is -0.757. The van der Waals surface area contributed by atoms with Crippen molar-refractivity contribution in [3.63, 3.8) is 0 Å². The third kappa shape index (κ3) is 4.67. The lowest BCUT2D eigenvalue weighted by atomic mass is 10.1. The number of ether oxygens (including phenoxy) is 1. The summed E-state index contributed by atoms with van der Waals surface area (Å²) < 4.78 is 47.4. The van der Waals surface area contributed by atoms with Gasteiger partial charge in [-0.05, 0) is 48.5 Å². The fraction of sp³-hybridized carbons (Fsp3) is 0.192. The first-order valence-electron chi connectivity index (χ1n) is 11.3. The summed E-state index contributed by atoms with van der Waals surface area (Å²) in [4.78, 5) is 32.9. The van der Waals surface area contributed by atoms with Gasteiger partial charge in [0.05, 0.1) is 29.8 Å². The summed E-state index contributed by atoms with van der Waals surface area (Å²) >= 11 is 0. The van der Waals surface area contributed by atoms with E-state index < -0.39 is 23.4 Å². The Hall–Kier alpha value is -4.18. The van der Waals surface area contributed by atoms with E-state index in [0.717, 1.165) is 12.1 Å². The molecule has 1 aromatic heterocycles. The van der Waals surface area contributed by atoms with Crippen LogP contribution in [-0.2, 0) is 11.3 Å². The number of nitrogens with zero attached hydrogens (tertiary/aromatic N) is 3. The zero-order chi connectivity index (χ0) is 25.2. The van der Waals surface area contributed by atoms with Crippen LogP contribution in [0.25, 0.3) is 16.6 Å². The Balaban J connectivity index is 1.52. The first kappa shape index (κ1) is 23.6. The Morgan fingerprint density at radius 2 is 1.67 bits per heavy atom. The van der Waals surface area contributed by atoms with Crippen LogP contribution in [0.1, 0.15) is 15.9 Å². The zero-order valence-corrected chi connectivity index (χ0v) is 19.0. The standard InChI is InChI=1S/C26H21F3N4O3/c27-18-4-6-20(7-5-18)33-25(35)21-8-2-16(13-23(21)31-26(33)32-9-11-36-12-10-32)24(34)30-15-17-1-3-19(28)14-22(17)29/h1-8,13-14H,9-12,15H2,(H,30,34). The fourth-order valence-corrected chi connectivity index (χ4v) is 4.06. The number of hydrogen-bond donors (Lipinski definition) is 1. The maximum absolute atomic E-state index is 13.9. The van der Waals surface area contributed by atoms with Gasteiger partial charge in [-0.15, -0.1) is 0 Å². The second-order valence-electron chi connectivity index (χ2n) is 8.28. The molecule has 0 aliphatic carbocycles. The van der Waals surface area contributed by atoms with E-state index in [2.05, 4.69) is 5.32 Å². The van der Waals surface area contributed by atoms with E-state index in [0.29, 0.717) is 43.5 Å². The lowest BCUT2D eigenvalue weighted by Crippen LogP contribution is -2.40. The molecule has 0 unspecified atom stereocenters. The van der Waals surface area contributed by atoms with Crippen LogP contribution in [0.3, 0.4) is 0 Å². The monoisotopic (exact) mass is 494 g/mol. The molecule has 0 bridgehead atoms. The number of nitrogens with one attached hydrogen (secondary N) is 1. The molecule has 1 aliphatic rings. The molecule has 0 spiro atoms. The topological polar surface area (TPSA) is 76.5 Å². The highest BCUT2D eigenvalue weighted by atomic mass is 19.1. The SMILES string of the molecule is O=C(NCc1ccc(F)cc1F)c1ccc2c(=O)n(-c3ccc(F)cc3)c(N3CCOCC3)nc2c1. The second kappa shape index (κ2) is 9.82. The number of hydrogen-bond acceptors (Lipinski definition) is 5. The Bertz CT molecular complexity index is 1500. The second-order valence-corrected chi connectivity index (χ2v) is 8.28. The third-order valence-electron chi connectivity index (χ3n) is 5.95. The van der Waals surface area contributed by atoms with E-state index in [4.69, 9.17) is 9.72 Å². The summed E-state index contributed by atoms with van der Waals surface area (Å²) in [6.45, 7) is 1.78. The third-order valence-corrected chi connectivity index (χ3v) is 5.95. The van der Waals surface area contributed by atoms with Crippen molar-refractivity contribution in [3.05, 3.63) is 99.6 Å². The highest BCUT2D eigenvalue weighted by Crippen LogP contribution is 2.22. The van der Waals surface area contributed by atoms with E-state index in [1.807, 2.05) is 4.90 Å². The molecule has 0 atom stereocenters. The molecular formula is C26H21F3N4O3. The van der Waals surface area contributed by atoms with Gasteiger partial charge in [0, 0.05) is 36.8 Å². The number of carbonyl (C=O) groups excluding carboxylic acids is 1. The molecule has 1 fully saturated rings. The van der Waals surface area contributed by atoms with Gasteiger partial charge in [0.25, 0.3) is 11.5 Å². The number of rotatable bonds is 5. The van der Waals surface area contributed by atoms with Gasteiger partial charge in [-0.1, -0.05) is 6.07 Å². The number of carbonyl (C=O) groups is 1. The Kier molecular flexibility index (Phi) is 6.43. The molecule has 0 saturated carbocycles. The largest absolute Gasteiger partial charge is 0.378 e. The first-order chi connectivity index (χ1) is 17.4. The van der Waals surface area contributed by atoms with Gasteiger partial charge >= 0.3 is 0 Å². The summed E-state index contributed by atoms with van der Waals surface area (Å²) in [6.07, 6.45) is 0. The smallest absolute Gasteiger partial charge is 0.267 e. The highest BCUT2D eigenvalue weighted by Gasteiger charge is 2.21. The highest BCUT2D eigenvalue weighted by molar-refractivity contribution is 5.97. The van der Waals surface area contributed by atoms with Crippen molar-refractivity contribution in [1.82, 2.24) is 14.9 Å². The van der Waals surface area contributed by atoms with E-state index in [1.165, 1.54) is 53.1 Å². The van der Waals surface area contributed by atoms with Gasteiger partial charge in [0.2, 0.25) is 5.95 Å². The molecule has 2 heterocycles. The first-order valence-corrected chi connectivity index (χ1v) is 11.3. The van der Waals surface area contributed by atoms with Crippen molar-refractivity contribution in [3.8, 4) is 5.69 Å². The van der Waals surface area contributed by atoms with Crippen LogP contribution in [0.5, 0.6) is 0 Å². The molecule has 1 saturated heterocycles. The lowest BCUT2D eigenvalue weighted by molar-refractivity contribution is 0.0950. The van der Waals surface area contributed by atoms with E-state index in [9.17, 15) is 22.8 Å². The van der Waals surface area contributed by atoms with E-state index in [1.54, 1.807) is 0 Å². The number of amides is 1. The molecule has 36 heavy (non-hydrogen) atoms. The van der Waals surface area contributed by atoms with Crippen molar-refractivity contribution < 1.29 is 22.7 Å². The van der Waals surface area contributed by atoms with Crippen LogP contribution in [0.15, 0.2) is 65.5 Å². The van der Waals surface area contributed by atoms with Gasteiger partial charge in [0.15, 0.2) is 0 Å². The number of halogens is 3. The van der Waals surface area contributed by atoms with Crippen LogP contribution in [0, 0.1) is 17.5 Å². The molecule has 4 aromatic rings. The Morgan fingerprint density at radius 3 is 2.39 bits per heavy atom. The molecule has 3 aromatic carbocycles. The molecule has 10 heteroatoms. The van der Waals surface area contributed by atoms with Crippen LogP contribution >= 0.6 is 0 Å². The van der Waals surface area contributed by atoms with Crippen molar-refractivity contribution in [2.24, 2.45) is 0 Å². The number of fused-ring (bicyclic) bond motifs is 1. The summed E-state index contributed by atoms with van der Waals surface area (Å²) in [5, 5.41) is 2.88. The van der Waals surface area contributed by atoms with Gasteiger partial charge in [-0.25, -0.2) is 22.7 Å². The van der Waals surface area contributed by atoms with Crippen molar-refractivity contribution in [2.45, 2.75) is 6.54 Å². The average molecular weight is 494 g/mol. The van der Waals surface area contributed by atoms with Crippen LogP contribution in [0.2, 0.25) is 0 Å². The minimum Gasteiger partial charge on any atom is -0.378 e. The van der Waals surface area contributed by atoms with E-state index in [-0.39, 0.29) is 28.6 Å². The maximum atomic E-state index is 13.9. The number of anilines is 1. The number of morpholine rings is 1. The molecular weight excluding hydrogens is 473 g/mol. The predicted octanol–water partition coefficient (Wildman–Crippen LogP) is 3.57. The van der Waals surface area contributed by atoms with Crippen molar-refractivity contribution in [1.29, 1.82) is 0 Å². The summed E-state index contributed by atoms with van der Waals surface area (Å²) in [5.41, 5.74) is 0.763. The quantitative estimate of drug-likeness (QED) is 0.459. The Morgan fingerprint density at radius 1 is 0.944 bits per heavy atom. The van der Waals surface area contributed by atoms with Gasteiger partial charge < -0.3 is 15.0 Å². The molecule has 1 amide bonds. The van der Waals surface area contributed by atoms with Crippen LogP contribution in [0.4, 0.5) is 19.1 Å². The molecule has 184 valence electrons. The molecule has 1 aliphatic heterocycles. The molecule has 7 nitrogen and oxygen atoms in total. The molecule has 1 N–H and O–H groups in total. The summed E-state index contributed by atoms with van der Waals surface area (Å²) in [5.74, 6) is -2.03. The average Bonchev–Trinajstić information content (AvgIpc) is 2.89. The molecule has 0 radical (unpaired) electrons. The lowest BCUT2D eigenvalue weighted by Gasteiger charge is -2.30. The van der Waals surface area contributed by atoms with E-state index >= 15 is 0 Å². The maximum Gasteiger partial charge on any atom is 0.267 e. The zero-order valence-electron chi connectivity index (χ0n) is 19.0. The summed E-state index contributed by atoms with van der Waals surface area (Å²) in [6, 6.07) is 13.1. The van der Waals surface area contributed by atoms with Gasteiger partial charge in [-0.3, -0.25) is 9.59 Å². The minimum absolute atomic E-state index is 0.137. The van der Waals surface area contributed by atoms with Crippen LogP contribution < -0.4 is 15.8 Å². The van der Waals surface area contributed by atoms with Crippen molar-refractivity contribution >= 4 is 22.8 Å². The number of aromatic nitrogens is 2. The van der Waals surface area contributed by atoms with Gasteiger partial charge in [0.1, 0.15) is 17.5 Å². The summed E-state index contributed by atoms with van der Waals surface area (Å²) in [7, 11) is 0. The normalized spacial score (nSPS) is 13.7. The Labute approximate surface area is 203 Å². The number of benzene rings is 3. The van der Waals surface area contributed by atoms with Crippen LogP contribution in [-0.4, -0.2) is 41.8 Å². The van der Waals surface area contributed by atoms with Crippen molar-refractivity contribution in [2.75, 3.05) is 31.2 Å².